The topological polar surface area (TPSA) is 77.2 Å². The number of anilines is 1. The average molecular weight is 422 g/mol. The number of nitrogens with one attached hydrogen (secondary N) is 1. The molecule has 162 valence electrons. The Morgan fingerprint density at radius 1 is 1.06 bits per heavy atom. The van der Waals surface area contributed by atoms with Gasteiger partial charge in [0.1, 0.15) is 0 Å². The molecule has 0 aliphatic rings. The van der Waals surface area contributed by atoms with Crippen LogP contribution >= 0.6 is 0 Å². The Balaban J connectivity index is 1.81. The van der Waals surface area contributed by atoms with E-state index in [4.69, 9.17) is 10.5 Å². The van der Waals surface area contributed by atoms with Gasteiger partial charge in [-0.3, -0.25) is 4.79 Å². The van der Waals surface area contributed by atoms with Crippen molar-refractivity contribution >= 4 is 11.6 Å². The molecule has 1 amide bonds. The van der Waals surface area contributed by atoms with Crippen LogP contribution < -0.4 is 15.8 Å². The van der Waals surface area contributed by atoms with Gasteiger partial charge in [-0.25, -0.2) is 9.37 Å². The van der Waals surface area contributed by atoms with Crippen molar-refractivity contribution in [1.82, 2.24) is 4.98 Å². The van der Waals surface area contributed by atoms with Crippen molar-refractivity contribution in [2.45, 2.75) is 45.6 Å². The lowest BCUT2D eigenvalue weighted by Gasteiger charge is -2.16. The minimum Gasteiger partial charge on any atom is -0.436 e. The Morgan fingerprint density at radius 2 is 1.87 bits per heavy atom. The highest BCUT2D eigenvalue weighted by molar-refractivity contribution is 5.92. The molecule has 3 N–H and O–H groups in total. The van der Waals surface area contributed by atoms with Crippen LogP contribution in [-0.2, 0) is 13.0 Å². The number of hydrogen-bond donors (Lipinski definition) is 2. The molecule has 0 atom stereocenters. The summed E-state index contributed by atoms with van der Waals surface area (Å²) in [6.07, 6.45) is 6.60. The third kappa shape index (κ3) is 6.28. The number of halogens is 1. The van der Waals surface area contributed by atoms with Gasteiger partial charge in [0.25, 0.3) is 0 Å². The summed E-state index contributed by atoms with van der Waals surface area (Å²) in [6.45, 7) is 2.52. The number of nitrogens with two attached hydrogens (primary N) is 1. The highest BCUT2D eigenvalue weighted by Gasteiger charge is 2.16. The zero-order chi connectivity index (χ0) is 22.1. The van der Waals surface area contributed by atoms with Crippen LogP contribution in [-0.4, -0.2) is 10.9 Å². The second kappa shape index (κ2) is 11.1. The van der Waals surface area contributed by atoms with E-state index in [2.05, 4.69) is 17.2 Å². The number of aryl methyl sites for hydroxylation is 1. The summed E-state index contributed by atoms with van der Waals surface area (Å²) in [7, 11) is 0. The minimum atomic E-state index is -0.577. The predicted octanol–water partition coefficient (Wildman–Crippen LogP) is 5.85. The number of amides is 1. The molecule has 31 heavy (non-hydrogen) atoms. The van der Waals surface area contributed by atoms with Crippen LogP contribution in [0.15, 0.2) is 60.8 Å². The molecular formula is C25H28FN3O2. The predicted molar refractivity (Wildman–Crippen MR) is 121 cm³/mol. The molecule has 0 saturated heterocycles. The summed E-state index contributed by atoms with van der Waals surface area (Å²) in [5.74, 6) is -0.688. The molecule has 1 aromatic heterocycles. The lowest BCUT2D eigenvalue weighted by atomic mass is 9.99. The number of aromatic nitrogens is 1. The van der Waals surface area contributed by atoms with Crippen LogP contribution in [0.5, 0.6) is 11.6 Å². The maximum absolute atomic E-state index is 15.4. The maximum Gasteiger partial charge on any atom is 0.250 e. The fourth-order valence-electron chi connectivity index (χ4n) is 3.33. The largest absolute Gasteiger partial charge is 0.436 e. The van der Waals surface area contributed by atoms with Gasteiger partial charge in [0, 0.05) is 30.1 Å². The van der Waals surface area contributed by atoms with E-state index in [1.165, 1.54) is 24.8 Å². The van der Waals surface area contributed by atoms with Crippen LogP contribution in [0.25, 0.3) is 0 Å². The first-order valence-corrected chi connectivity index (χ1v) is 10.6. The van der Waals surface area contributed by atoms with E-state index < -0.39 is 11.7 Å². The summed E-state index contributed by atoms with van der Waals surface area (Å²) in [5.41, 5.74) is 7.98. The fourth-order valence-corrected chi connectivity index (χ4v) is 3.33. The van der Waals surface area contributed by atoms with Gasteiger partial charge in [0.05, 0.1) is 5.56 Å². The molecule has 2 aromatic carbocycles. The zero-order valence-electron chi connectivity index (χ0n) is 17.7. The van der Waals surface area contributed by atoms with Gasteiger partial charge < -0.3 is 15.8 Å². The first-order valence-electron chi connectivity index (χ1n) is 10.6. The Hall–Kier alpha value is -3.41. The summed E-state index contributed by atoms with van der Waals surface area (Å²) in [6, 6.07) is 16.3. The molecule has 0 unspecified atom stereocenters. The van der Waals surface area contributed by atoms with Gasteiger partial charge in [-0.15, -0.1) is 0 Å². The number of rotatable bonds is 11. The first-order chi connectivity index (χ1) is 15.1. The Labute approximate surface area is 182 Å². The van der Waals surface area contributed by atoms with E-state index >= 15 is 4.39 Å². The second-order valence-electron chi connectivity index (χ2n) is 7.40. The van der Waals surface area contributed by atoms with Crippen molar-refractivity contribution in [3.05, 3.63) is 83.3 Å². The molecule has 0 bridgehead atoms. The van der Waals surface area contributed by atoms with Crippen molar-refractivity contribution in [1.29, 1.82) is 0 Å². The molecule has 0 spiro atoms. The zero-order valence-corrected chi connectivity index (χ0v) is 17.7. The lowest BCUT2D eigenvalue weighted by Crippen LogP contribution is -2.11. The number of para-hydroxylation sites is 1. The molecule has 0 aliphatic heterocycles. The van der Waals surface area contributed by atoms with Gasteiger partial charge in [-0.05, 0) is 42.7 Å². The molecule has 6 heteroatoms. The van der Waals surface area contributed by atoms with Crippen molar-refractivity contribution in [3.8, 4) is 11.6 Å². The number of ether oxygens (including phenoxy) is 1. The fraction of sp³-hybridized carbons (Fsp3) is 0.280. The van der Waals surface area contributed by atoms with Crippen molar-refractivity contribution in [2.24, 2.45) is 5.73 Å². The highest BCUT2D eigenvalue weighted by Crippen LogP contribution is 2.29. The first kappa shape index (κ1) is 22.3. The number of primary amides is 1. The molecule has 3 rings (SSSR count). The average Bonchev–Trinajstić information content (AvgIpc) is 2.79. The smallest absolute Gasteiger partial charge is 0.250 e. The third-order valence-corrected chi connectivity index (χ3v) is 5.08. The molecule has 0 aliphatic carbocycles. The molecule has 0 fully saturated rings. The van der Waals surface area contributed by atoms with Crippen LogP contribution in [0.3, 0.4) is 0 Å². The van der Waals surface area contributed by atoms with Crippen LogP contribution in [0.4, 0.5) is 10.1 Å². The van der Waals surface area contributed by atoms with Gasteiger partial charge in [0.15, 0.2) is 11.6 Å². The number of carbonyl (C=O) groups excluding carboxylic acids is 1. The Bertz CT molecular complexity index is 992. The molecule has 5 nitrogen and oxygen atoms in total. The standard InChI is InChI=1S/C25H28FN3O2/c1-2-3-4-6-9-18-12-14-22(31-23-15-13-19(16-29-23)25(27)30)24(26)21(18)17-28-20-10-7-5-8-11-20/h5,7-8,10-16,28H,2-4,6,9,17H2,1H3,(H2,27,30). The minimum absolute atomic E-state index is 0.0986. The van der Waals surface area contributed by atoms with Gasteiger partial charge >= 0.3 is 0 Å². The number of pyridine rings is 1. The molecule has 3 aromatic rings. The SMILES string of the molecule is CCCCCCc1ccc(Oc2ccc(C(N)=O)cn2)c(F)c1CNc1ccccc1. The van der Waals surface area contributed by atoms with Gasteiger partial charge in [0.2, 0.25) is 11.8 Å². The van der Waals surface area contributed by atoms with Crippen LogP contribution in [0.2, 0.25) is 0 Å². The molecule has 0 saturated carbocycles. The summed E-state index contributed by atoms with van der Waals surface area (Å²) < 4.78 is 21.1. The molecule has 0 radical (unpaired) electrons. The highest BCUT2D eigenvalue weighted by atomic mass is 19.1. The molecule has 1 heterocycles. The quantitative estimate of drug-likeness (QED) is 0.381. The van der Waals surface area contributed by atoms with E-state index in [1.807, 2.05) is 36.4 Å². The number of nitrogens with zero attached hydrogens (tertiary/aromatic N) is 1. The van der Waals surface area contributed by atoms with Gasteiger partial charge in [-0.2, -0.15) is 0 Å². The van der Waals surface area contributed by atoms with Crippen LogP contribution in [0, 0.1) is 5.82 Å². The number of unbranched alkanes of at least 4 members (excludes halogenated alkanes) is 3. The van der Waals surface area contributed by atoms with Crippen LogP contribution in [0.1, 0.15) is 54.1 Å². The van der Waals surface area contributed by atoms with Crippen molar-refractivity contribution < 1.29 is 13.9 Å². The summed E-state index contributed by atoms with van der Waals surface area (Å²) in [5, 5.41) is 3.29. The Kier molecular flexibility index (Phi) is 7.98. The van der Waals surface area contributed by atoms with E-state index in [0.717, 1.165) is 36.9 Å². The number of hydrogen-bond acceptors (Lipinski definition) is 4. The summed E-state index contributed by atoms with van der Waals surface area (Å²) >= 11 is 0. The normalized spacial score (nSPS) is 10.6. The number of benzene rings is 2. The van der Waals surface area contributed by atoms with Crippen molar-refractivity contribution in [3.63, 3.8) is 0 Å². The molecular weight excluding hydrogens is 393 g/mol. The Morgan fingerprint density at radius 3 is 2.55 bits per heavy atom. The number of carbonyl (C=O) groups is 1. The lowest BCUT2D eigenvalue weighted by molar-refractivity contribution is 0.1000. The van der Waals surface area contributed by atoms with E-state index in [1.54, 1.807) is 6.07 Å². The summed E-state index contributed by atoms with van der Waals surface area (Å²) in [4.78, 5) is 15.2. The van der Waals surface area contributed by atoms with E-state index in [9.17, 15) is 4.79 Å². The second-order valence-corrected chi connectivity index (χ2v) is 7.40. The monoisotopic (exact) mass is 421 g/mol. The maximum atomic E-state index is 15.4. The van der Waals surface area contributed by atoms with Crippen molar-refractivity contribution in [2.75, 3.05) is 5.32 Å². The third-order valence-electron chi connectivity index (χ3n) is 5.08. The van der Waals surface area contributed by atoms with Gasteiger partial charge in [-0.1, -0.05) is 50.5 Å². The van der Waals surface area contributed by atoms with E-state index in [0.29, 0.717) is 12.1 Å². The van der Waals surface area contributed by atoms with E-state index in [-0.39, 0.29) is 17.2 Å².